The average molecular weight is 469 g/mol. The molecule has 7 heteroatoms. The quantitative estimate of drug-likeness (QED) is 0.621. The number of amides is 3. The fraction of sp³-hybridized carbons (Fsp3) is 0.250. The van der Waals surface area contributed by atoms with Gasteiger partial charge >= 0.3 is 0 Å². The van der Waals surface area contributed by atoms with Gasteiger partial charge in [-0.05, 0) is 48.5 Å². The van der Waals surface area contributed by atoms with Crippen LogP contribution in [0, 0.1) is 5.92 Å². The van der Waals surface area contributed by atoms with Crippen LogP contribution in [0.3, 0.4) is 0 Å². The lowest BCUT2D eigenvalue weighted by Crippen LogP contribution is -2.48. The monoisotopic (exact) mass is 468 g/mol. The van der Waals surface area contributed by atoms with E-state index >= 15 is 0 Å². The van der Waals surface area contributed by atoms with E-state index in [2.05, 4.69) is 22.3 Å². The minimum atomic E-state index is -0.412. The maximum Gasteiger partial charge on any atom is 0.253 e. The molecule has 1 N–H and O–H groups in total. The molecule has 1 atom stereocenters. The number of hydrogen-bond donors (Lipinski definition) is 1. The number of anilines is 3. The van der Waals surface area contributed by atoms with Gasteiger partial charge in [-0.15, -0.1) is 0 Å². The highest BCUT2D eigenvalue weighted by Crippen LogP contribution is 2.26. The molecular weight excluding hydrogens is 440 g/mol. The van der Waals surface area contributed by atoms with Crippen LogP contribution < -0.4 is 15.1 Å². The minimum Gasteiger partial charge on any atom is -0.368 e. The lowest BCUT2D eigenvalue weighted by Gasteiger charge is -2.36. The second-order valence-corrected chi connectivity index (χ2v) is 8.92. The van der Waals surface area contributed by atoms with Crippen molar-refractivity contribution in [2.75, 3.05) is 47.8 Å². The summed E-state index contributed by atoms with van der Waals surface area (Å²) in [6, 6.07) is 26.6. The van der Waals surface area contributed by atoms with Gasteiger partial charge in [0.1, 0.15) is 0 Å². The number of piperazine rings is 1. The molecule has 0 bridgehead atoms. The van der Waals surface area contributed by atoms with Crippen LogP contribution >= 0.6 is 0 Å². The molecule has 3 aromatic carbocycles. The summed E-state index contributed by atoms with van der Waals surface area (Å²) in [6.07, 6.45) is 0.187. The van der Waals surface area contributed by atoms with Crippen molar-refractivity contribution in [3.63, 3.8) is 0 Å². The highest BCUT2D eigenvalue weighted by Gasteiger charge is 2.35. The van der Waals surface area contributed by atoms with Crippen molar-refractivity contribution in [2.45, 2.75) is 6.42 Å². The molecule has 1 unspecified atom stereocenters. The Bertz CT molecular complexity index is 1190. The Balaban J connectivity index is 1.15. The van der Waals surface area contributed by atoms with Crippen LogP contribution in [0.15, 0.2) is 84.9 Å². The molecule has 0 spiro atoms. The predicted octanol–water partition coefficient (Wildman–Crippen LogP) is 3.64. The van der Waals surface area contributed by atoms with Gasteiger partial charge < -0.3 is 20.0 Å². The summed E-state index contributed by atoms with van der Waals surface area (Å²) in [5.41, 5.74) is 3.20. The van der Waals surface area contributed by atoms with Gasteiger partial charge in [0.15, 0.2) is 0 Å². The van der Waals surface area contributed by atoms with Gasteiger partial charge in [0.2, 0.25) is 11.8 Å². The van der Waals surface area contributed by atoms with Crippen LogP contribution in [0.4, 0.5) is 17.1 Å². The summed E-state index contributed by atoms with van der Waals surface area (Å²) in [4.78, 5) is 44.0. The van der Waals surface area contributed by atoms with Gasteiger partial charge in [0.25, 0.3) is 5.91 Å². The third kappa shape index (κ3) is 5.04. The zero-order valence-electron chi connectivity index (χ0n) is 19.5. The Labute approximate surface area is 204 Å². The van der Waals surface area contributed by atoms with Crippen LogP contribution in [-0.2, 0) is 9.59 Å². The molecule has 2 aliphatic rings. The molecule has 0 saturated carbocycles. The maximum atomic E-state index is 13.0. The fourth-order valence-corrected chi connectivity index (χ4v) is 4.67. The first kappa shape index (κ1) is 22.7. The van der Waals surface area contributed by atoms with E-state index in [1.165, 1.54) is 5.69 Å². The Morgan fingerprint density at radius 3 is 1.97 bits per heavy atom. The van der Waals surface area contributed by atoms with E-state index in [0.717, 1.165) is 18.8 Å². The zero-order chi connectivity index (χ0) is 24.2. The summed E-state index contributed by atoms with van der Waals surface area (Å²) < 4.78 is 0. The summed E-state index contributed by atoms with van der Waals surface area (Å²) >= 11 is 0. The normalized spacial score (nSPS) is 18.0. The molecule has 2 fully saturated rings. The molecule has 0 radical (unpaired) electrons. The van der Waals surface area contributed by atoms with Crippen LogP contribution in [0.25, 0.3) is 0 Å². The van der Waals surface area contributed by atoms with Gasteiger partial charge in [-0.2, -0.15) is 0 Å². The van der Waals surface area contributed by atoms with Gasteiger partial charge in [0.05, 0.1) is 5.92 Å². The van der Waals surface area contributed by atoms with Gasteiger partial charge in [-0.25, -0.2) is 0 Å². The number of rotatable bonds is 5. The Morgan fingerprint density at radius 1 is 0.743 bits per heavy atom. The number of para-hydroxylation sites is 2. The van der Waals surface area contributed by atoms with E-state index in [4.69, 9.17) is 0 Å². The summed E-state index contributed by atoms with van der Waals surface area (Å²) in [5, 5.41) is 2.90. The van der Waals surface area contributed by atoms with E-state index in [9.17, 15) is 14.4 Å². The molecule has 35 heavy (non-hydrogen) atoms. The second kappa shape index (κ2) is 10.0. The average Bonchev–Trinajstić information content (AvgIpc) is 3.31. The third-order valence-corrected chi connectivity index (χ3v) is 6.65. The molecule has 2 heterocycles. The maximum absolute atomic E-state index is 13.0. The number of benzene rings is 3. The summed E-state index contributed by atoms with van der Waals surface area (Å²) in [7, 11) is 0. The van der Waals surface area contributed by atoms with Gasteiger partial charge in [-0.1, -0.05) is 36.4 Å². The van der Waals surface area contributed by atoms with Crippen molar-refractivity contribution < 1.29 is 14.4 Å². The topological polar surface area (TPSA) is 73.0 Å². The van der Waals surface area contributed by atoms with E-state index in [1.807, 2.05) is 53.4 Å². The van der Waals surface area contributed by atoms with Crippen molar-refractivity contribution >= 4 is 34.8 Å². The fourth-order valence-electron chi connectivity index (χ4n) is 4.67. The molecule has 178 valence electrons. The highest BCUT2D eigenvalue weighted by atomic mass is 16.2. The summed E-state index contributed by atoms with van der Waals surface area (Å²) in [6.45, 7) is 3.29. The van der Waals surface area contributed by atoms with Crippen molar-refractivity contribution in [1.82, 2.24) is 4.90 Å². The number of nitrogens with zero attached hydrogens (tertiary/aromatic N) is 3. The van der Waals surface area contributed by atoms with Crippen molar-refractivity contribution in [2.24, 2.45) is 5.92 Å². The Hall–Kier alpha value is -4.13. The van der Waals surface area contributed by atoms with Crippen molar-refractivity contribution in [3.05, 3.63) is 90.5 Å². The zero-order valence-corrected chi connectivity index (χ0v) is 19.5. The number of carbonyl (C=O) groups is 3. The molecule has 3 amide bonds. The first-order chi connectivity index (χ1) is 17.1. The Kier molecular flexibility index (Phi) is 6.48. The molecule has 0 aromatic heterocycles. The van der Waals surface area contributed by atoms with Crippen LogP contribution in [0.5, 0.6) is 0 Å². The lowest BCUT2D eigenvalue weighted by atomic mass is 10.1. The van der Waals surface area contributed by atoms with Crippen LogP contribution in [0.1, 0.15) is 16.8 Å². The van der Waals surface area contributed by atoms with Crippen LogP contribution in [-0.4, -0.2) is 55.3 Å². The van der Waals surface area contributed by atoms with E-state index < -0.39 is 5.92 Å². The standard InChI is InChI=1S/C28H28N4O3/c33-26-19-22(20-32(26)25-9-5-2-6-10-25)27(34)29-23-13-11-21(12-14-23)28(35)31-17-15-30(16-18-31)24-7-3-1-4-8-24/h1-14,22H,15-20H2,(H,29,34). The smallest absolute Gasteiger partial charge is 0.253 e. The molecule has 5 rings (SSSR count). The molecule has 3 aromatic rings. The van der Waals surface area contributed by atoms with Gasteiger partial charge in [0, 0.05) is 61.8 Å². The second-order valence-electron chi connectivity index (χ2n) is 8.92. The molecule has 0 aliphatic carbocycles. The first-order valence-corrected chi connectivity index (χ1v) is 11.9. The minimum absolute atomic E-state index is 0.00418. The third-order valence-electron chi connectivity index (χ3n) is 6.65. The molecular formula is C28H28N4O3. The molecule has 2 saturated heterocycles. The number of carbonyl (C=O) groups excluding carboxylic acids is 3. The van der Waals surface area contributed by atoms with Gasteiger partial charge in [-0.3, -0.25) is 14.4 Å². The lowest BCUT2D eigenvalue weighted by molar-refractivity contribution is -0.122. The SMILES string of the molecule is O=C(Nc1ccc(C(=O)N2CCN(c3ccccc3)CC2)cc1)C1CC(=O)N(c2ccccc2)C1. The largest absolute Gasteiger partial charge is 0.368 e. The Morgan fingerprint density at radius 2 is 1.34 bits per heavy atom. The van der Waals surface area contributed by atoms with Crippen molar-refractivity contribution in [1.29, 1.82) is 0 Å². The van der Waals surface area contributed by atoms with Crippen LogP contribution in [0.2, 0.25) is 0 Å². The highest BCUT2D eigenvalue weighted by molar-refractivity contribution is 6.03. The first-order valence-electron chi connectivity index (χ1n) is 11.9. The van der Waals surface area contributed by atoms with E-state index in [-0.39, 0.29) is 24.1 Å². The van der Waals surface area contributed by atoms with E-state index in [0.29, 0.717) is 30.9 Å². The number of nitrogens with one attached hydrogen (secondary N) is 1. The molecule has 7 nitrogen and oxygen atoms in total. The molecule has 2 aliphatic heterocycles. The van der Waals surface area contributed by atoms with E-state index in [1.54, 1.807) is 29.2 Å². The van der Waals surface area contributed by atoms with Crippen molar-refractivity contribution in [3.8, 4) is 0 Å². The number of hydrogen-bond acceptors (Lipinski definition) is 4. The summed E-state index contributed by atoms with van der Waals surface area (Å²) in [5.74, 6) is -0.655. The predicted molar refractivity (Wildman–Crippen MR) is 137 cm³/mol.